The molecule has 5 heteroatoms. The number of rotatable bonds is 0. The Labute approximate surface area is 115 Å². The predicted octanol–water partition coefficient (Wildman–Crippen LogP) is -0.00560. The molecule has 0 saturated carbocycles. The van der Waals surface area contributed by atoms with Crippen LogP contribution in [-0.4, -0.2) is 46.9 Å². The molecule has 0 aromatic rings. The fraction of sp³-hybridized carbons (Fsp3) is 1.00. The number of aliphatic hydroxyl groups excluding tert-OH is 4. The van der Waals surface area contributed by atoms with Crippen LogP contribution in [0.2, 0.25) is 0 Å². The molecule has 0 amide bonds. The van der Waals surface area contributed by atoms with Crippen LogP contribution in [-0.2, 0) is 0 Å². The van der Waals surface area contributed by atoms with E-state index < -0.39 is 0 Å². The number of aliphatic hydroxyl groups is 4. The van der Waals surface area contributed by atoms with Crippen LogP contribution in [0.25, 0.3) is 0 Å². The van der Waals surface area contributed by atoms with Gasteiger partial charge in [-0.05, 0) is 27.7 Å². The van der Waals surface area contributed by atoms with Crippen LogP contribution in [0.5, 0.6) is 0 Å². The van der Waals surface area contributed by atoms with Crippen molar-refractivity contribution in [2.24, 2.45) is 0 Å². The summed E-state index contributed by atoms with van der Waals surface area (Å²) in [7, 11) is 0. The van der Waals surface area contributed by atoms with Gasteiger partial charge in [0.2, 0.25) is 0 Å². The van der Waals surface area contributed by atoms with Gasteiger partial charge in [0.25, 0.3) is 0 Å². The van der Waals surface area contributed by atoms with Gasteiger partial charge < -0.3 is 20.4 Å². The molecule has 0 aromatic carbocycles. The maximum absolute atomic E-state index is 7.57. The van der Waals surface area contributed by atoms with Gasteiger partial charge in [0.1, 0.15) is 0 Å². The van der Waals surface area contributed by atoms with E-state index in [1.165, 1.54) is 0 Å². The Morgan fingerprint density at radius 1 is 0.538 bits per heavy atom. The SMILES string of the molecule is CCO.CCO.CCO.CCO.[Ce]. The summed E-state index contributed by atoms with van der Waals surface area (Å²) in [5.41, 5.74) is 0. The first kappa shape index (κ1) is 29.2. The third kappa shape index (κ3) is 1120. The minimum absolute atomic E-state index is 0. The molecule has 0 heterocycles. The molecular weight excluding hydrogens is 300 g/mol. The van der Waals surface area contributed by atoms with Gasteiger partial charge in [-0.3, -0.25) is 0 Å². The molecule has 0 aliphatic carbocycles. The normalized spacial score (nSPS) is 5.54. The van der Waals surface area contributed by atoms with Crippen molar-refractivity contribution in [1.82, 2.24) is 0 Å². The summed E-state index contributed by atoms with van der Waals surface area (Å²) in [4.78, 5) is 0. The Bertz CT molecular complexity index is 24.1. The third-order valence-electron chi connectivity index (χ3n) is 0. The van der Waals surface area contributed by atoms with Crippen molar-refractivity contribution in [3.63, 3.8) is 0 Å². The van der Waals surface area contributed by atoms with E-state index in [1.807, 2.05) is 0 Å². The molecule has 0 aromatic heterocycles. The molecule has 0 atom stereocenters. The van der Waals surface area contributed by atoms with Crippen molar-refractivity contribution in [1.29, 1.82) is 0 Å². The molecule has 0 aliphatic rings. The molecule has 84 valence electrons. The zero-order valence-electron chi connectivity index (χ0n) is 9.12. The van der Waals surface area contributed by atoms with Crippen LogP contribution in [0.4, 0.5) is 0 Å². The molecular formula is C8H24CeO4. The largest absolute Gasteiger partial charge is 0.397 e. The van der Waals surface area contributed by atoms with Crippen molar-refractivity contribution in [2.75, 3.05) is 26.4 Å². The molecule has 4 nitrogen and oxygen atoms in total. The summed E-state index contributed by atoms with van der Waals surface area (Å²) in [6, 6.07) is 0. The molecule has 0 radical (unpaired) electrons. The minimum Gasteiger partial charge on any atom is -0.397 e. The smallest absolute Gasteiger partial charge is 0.0402 e. The van der Waals surface area contributed by atoms with Gasteiger partial charge in [0.05, 0.1) is 0 Å². The van der Waals surface area contributed by atoms with Gasteiger partial charge in [-0.1, -0.05) is 0 Å². The second-order valence-corrected chi connectivity index (χ2v) is 1.26. The van der Waals surface area contributed by atoms with Crippen molar-refractivity contribution < 1.29 is 62.2 Å². The van der Waals surface area contributed by atoms with Gasteiger partial charge in [-0.25, -0.2) is 0 Å². The Morgan fingerprint density at radius 2 is 0.538 bits per heavy atom. The van der Waals surface area contributed by atoms with E-state index in [9.17, 15) is 0 Å². The van der Waals surface area contributed by atoms with Gasteiger partial charge in [0.15, 0.2) is 0 Å². The van der Waals surface area contributed by atoms with Crippen LogP contribution in [0, 0.1) is 41.7 Å². The zero-order chi connectivity index (χ0) is 10.8. The molecule has 0 unspecified atom stereocenters. The van der Waals surface area contributed by atoms with Crippen molar-refractivity contribution in [2.45, 2.75) is 27.7 Å². The standard InChI is InChI=1S/4C2H6O.Ce/c4*1-2-3;/h4*3H,2H2,1H3;. The molecule has 13 heavy (non-hydrogen) atoms. The van der Waals surface area contributed by atoms with E-state index in [2.05, 4.69) is 0 Å². The fourth-order valence-corrected chi connectivity index (χ4v) is 0. The molecule has 0 bridgehead atoms. The molecule has 0 saturated heterocycles. The first-order valence-corrected chi connectivity index (χ1v) is 4.09. The fourth-order valence-electron chi connectivity index (χ4n) is 0. The van der Waals surface area contributed by atoms with Crippen LogP contribution in [0.1, 0.15) is 27.7 Å². The average molecular weight is 324 g/mol. The van der Waals surface area contributed by atoms with E-state index in [1.54, 1.807) is 27.7 Å². The first-order valence-electron chi connectivity index (χ1n) is 4.09. The molecule has 0 fully saturated rings. The third-order valence-corrected chi connectivity index (χ3v) is 0. The number of hydrogen-bond acceptors (Lipinski definition) is 4. The van der Waals surface area contributed by atoms with Gasteiger partial charge in [-0.2, -0.15) is 0 Å². The maximum atomic E-state index is 7.57. The van der Waals surface area contributed by atoms with Crippen molar-refractivity contribution in [3.8, 4) is 0 Å². The monoisotopic (exact) mass is 324 g/mol. The average Bonchev–Trinajstić information content (AvgIpc) is 1.92. The summed E-state index contributed by atoms with van der Waals surface area (Å²) < 4.78 is 0. The van der Waals surface area contributed by atoms with E-state index in [-0.39, 0.29) is 68.2 Å². The Morgan fingerprint density at radius 3 is 0.538 bits per heavy atom. The van der Waals surface area contributed by atoms with E-state index in [0.29, 0.717) is 0 Å². The van der Waals surface area contributed by atoms with Gasteiger partial charge >= 0.3 is 0 Å². The second kappa shape index (κ2) is 72.5. The molecule has 0 aliphatic heterocycles. The summed E-state index contributed by atoms with van der Waals surface area (Å²) in [6.45, 7) is 7.72. The quantitative estimate of drug-likeness (QED) is 0.505. The Balaban J connectivity index is -0.0000000213. The van der Waals surface area contributed by atoms with Crippen LogP contribution >= 0.6 is 0 Å². The second-order valence-electron chi connectivity index (χ2n) is 1.26. The Kier molecular flexibility index (Phi) is 163. The van der Waals surface area contributed by atoms with Crippen molar-refractivity contribution in [3.05, 3.63) is 0 Å². The van der Waals surface area contributed by atoms with Crippen molar-refractivity contribution >= 4 is 0 Å². The van der Waals surface area contributed by atoms with Crippen LogP contribution in [0.15, 0.2) is 0 Å². The van der Waals surface area contributed by atoms with E-state index in [0.717, 1.165) is 0 Å². The van der Waals surface area contributed by atoms with Crippen LogP contribution < -0.4 is 0 Å². The molecule has 0 rings (SSSR count). The maximum Gasteiger partial charge on any atom is 0.0402 e. The Hall–Kier alpha value is 1.22. The minimum atomic E-state index is 0. The summed E-state index contributed by atoms with van der Waals surface area (Å²) in [5, 5.41) is 30.3. The van der Waals surface area contributed by atoms with Gasteiger partial charge in [-0.15, -0.1) is 0 Å². The molecule has 0 spiro atoms. The summed E-state index contributed by atoms with van der Waals surface area (Å²) in [6.07, 6.45) is 0. The molecule has 4 N–H and O–H groups in total. The number of hydrogen-bond donors (Lipinski definition) is 4. The van der Waals surface area contributed by atoms with E-state index in [4.69, 9.17) is 20.4 Å². The van der Waals surface area contributed by atoms with Gasteiger partial charge in [0, 0.05) is 68.2 Å². The summed E-state index contributed by atoms with van der Waals surface area (Å²) in [5.74, 6) is 0. The van der Waals surface area contributed by atoms with E-state index >= 15 is 0 Å². The summed E-state index contributed by atoms with van der Waals surface area (Å²) >= 11 is 0. The zero-order valence-corrected chi connectivity index (χ0v) is 12.3. The predicted molar refractivity (Wildman–Crippen MR) is 51.0 cm³/mol. The van der Waals surface area contributed by atoms with Crippen LogP contribution in [0.3, 0.4) is 0 Å². The first-order chi connectivity index (χ1) is 5.66. The topological polar surface area (TPSA) is 80.9 Å².